The van der Waals surface area contributed by atoms with Crippen LogP contribution in [0, 0.1) is 24.7 Å². The first-order chi connectivity index (χ1) is 7.65. The van der Waals surface area contributed by atoms with E-state index in [1.54, 1.807) is 0 Å². The van der Waals surface area contributed by atoms with Gasteiger partial charge in [0, 0.05) is 19.2 Å². The number of aryl methyl sites for hydroxylation is 2. The summed E-state index contributed by atoms with van der Waals surface area (Å²) >= 11 is 0. The average Bonchev–Trinajstić information content (AvgIpc) is 2.94. The van der Waals surface area contributed by atoms with Gasteiger partial charge in [0.05, 0.1) is 0 Å². The quantitative estimate of drug-likeness (QED) is 0.714. The molecule has 0 radical (unpaired) electrons. The van der Waals surface area contributed by atoms with Gasteiger partial charge in [-0.3, -0.25) is 4.79 Å². The van der Waals surface area contributed by atoms with Crippen LogP contribution in [-0.4, -0.2) is 15.3 Å². The SMILES string of the molecule is Cc1nc(C(=O)C2C[C@@H]3CC[C@H]2C3)cn1C. The molecule has 2 fully saturated rings. The Hall–Kier alpha value is -1.12. The standard InChI is InChI=1S/C13H18N2O/c1-8-14-12(7-15(8)2)13(16)11-6-9-3-4-10(11)5-9/h7,9-11H,3-6H2,1-2H3/t9-,10+,11?/m1/s1. The van der Waals surface area contributed by atoms with Crippen molar-refractivity contribution in [1.29, 1.82) is 0 Å². The van der Waals surface area contributed by atoms with E-state index in [4.69, 9.17) is 0 Å². The maximum atomic E-state index is 12.3. The predicted molar refractivity (Wildman–Crippen MR) is 61.2 cm³/mol. The Morgan fingerprint density at radius 1 is 1.44 bits per heavy atom. The summed E-state index contributed by atoms with van der Waals surface area (Å²) in [7, 11) is 1.94. The third-order valence-electron chi connectivity index (χ3n) is 4.44. The fourth-order valence-electron chi connectivity index (χ4n) is 3.43. The van der Waals surface area contributed by atoms with Crippen LogP contribution in [-0.2, 0) is 7.05 Å². The first kappa shape index (κ1) is 10.1. The van der Waals surface area contributed by atoms with Gasteiger partial charge in [0.25, 0.3) is 0 Å². The molecular formula is C13H18N2O. The zero-order valence-electron chi connectivity index (χ0n) is 9.94. The number of carbonyl (C=O) groups is 1. The van der Waals surface area contributed by atoms with Crippen LogP contribution in [0.5, 0.6) is 0 Å². The van der Waals surface area contributed by atoms with Crippen LogP contribution in [0.15, 0.2) is 6.20 Å². The van der Waals surface area contributed by atoms with Crippen LogP contribution in [0.25, 0.3) is 0 Å². The van der Waals surface area contributed by atoms with Gasteiger partial charge in [0.15, 0.2) is 5.78 Å². The van der Waals surface area contributed by atoms with Crippen molar-refractivity contribution in [2.45, 2.75) is 32.6 Å². The Morgan fingerprint density at radius 2 is 2.25 bits per heavy atom. The molecule has 2 aliphatic rings. The number of rotatable bonds is 2. The maximum Gasteiger partial charge on any atom is 0.186 e. The number of ketones is 1. The molecule has 0 amide bonds. The summed E-state index contributed by atoms with van der Waals surface area (Å²) in [6.07, 6.45) is 6.87. The Morgan fingerprint density at radius 3 is 2.75 bits per heavy atom. The van der Waals surface area contributed by atoms with Crippen molar-refractivity contribution in [2.75, 3.05) is 0 Å². The van der Waals surface area contributed by atoms with Crippen molar-refractivity contribution in [3.8, 4) is 0 Å². The maximum absolute atomic E-state index is 12.3. The summed E-state index contributed by atoms with van der Waals surface area (Å²) < 4.78 is 1.93. The van der Waals surface area contributed by atoms with Gasteiger partial charge < -0.3 is 4.57 Å². The third kappa shape index (κ3) is 1.41. The number of carbonyl (C=O) groups excluding carboxylic acids is 1. The Bertz CT molecular complexity index is 416. The number of Topliss-reactive ketones (excluding diaryl/α,β-unsaturated/α-hetero) is 1. The summed E-state index contributed by atoms with van der Waals surface area (Å²) in [4.78, 5) is 16.7. The second kappa shape index (κ2) is 3.44. The van der Waals surface area contributed by atoms with E-state index in [2.05, 4.69) is 4.98 Å². The minimum Gasteiger partial charge on any atom is -0.337 e. The molecule has 0 saturated heterocycles. The predicted octanol–water partition coefficient (Wildman–Crippen LogP) is 2.35. The molecule has 2 aliphatic carbocycles. The number of nitrogens with zero attached hydrogens (tertiary/aromatic N) is 2. The number of imidazole rings is 1. The van der Waals surface area contributed by atoms with Gasteiger partial charge in [0.1, 0.15) is 11.5 Å². The minimum absolute atomic E-state index is 0.271. The summed E-state index contributed by atoms with van der Waals surface area (Å²) in [5.74, 6) is 2.96. The number of aromatic nitrogens is 2. The van der Waals surface area contributed by atoms with Crippen LogP contribution in [0.3, 0.4) is 0 Å². The highest BCUT2D eigenvalue weighted by Gasteiger charge is 2.43. The average molecular weight is 218 g/mol. The van der Waals surface area contributed by atoms with Gasteiger partial charge >= 0.3 is 0 Å². The van der Waals surface area contributed by atoms with Gasteiger partial charge in [-0.1, -0.05) is 6.42 Å². The highest BCUT2D eigenvalue weighted by Crippen LogP contribution is 2.49. The van der Waals surface area contributed by atoms with Gasteiger partial charge in [-0.15, -0.1) is 0 Å². The molecular weight excluding hydrogens is 200 g/mol. The molecule has 2 bridgehead atoms. The third-order valence-corrected chi connectivity index (χ3v) is 4.44. The summed E-state index contributed by atoms with van der Waals surface area (Å²) in [6, 6.07) is 0. The van der Waals surface area contributed by atoms with Crippen LogP contribution in [0.1, 0.15) is 42.0 Å². The topological polar surface area (TPSA) is 34.9 Å². The van der Waals surface area contributed by atoms with E-state index < -0.39 is 0 Å². The largest absolute Gasteiger partial charge is 0.337 e. The number of hydrogen-bond donors (Lipinski definition) is 0. The van der Waals surface area contributed by atoms with Crippen molar-refractivity contribution in [3.63, 3.8) is 0 Å². The Kier molecular flexibility index (Phi) is 2.16. The lowest BCUT2D eigenvalue weighted by atomic mass is 9.85. The smallest absolute Gasteiger partial charge is 0.186 e. The van der Waals surface area contributed by atoms with Crippen molar-refractivity contribution in [3.05, 3.63) is 17.7 Å². The van der Waals surface area contributed by atoms with E-state index in [0.29, 0.717) is 11.6 Å². The molecule has 0 N–H and O–H groups in total. The first-order valence-electron chi connectivity index (χ1n) is 6.19. The van der Waals surface area contributed by atoms with Crippen LogP contribution in [0.2, 0.25) is 0 Å². The molecule has 0 spiro atoms. The number of hydrogen-bond acceptors (Lipinski definition) is 2. The zero-order chi connectivity index (χ0) is 11.3. The van der Waals surface area contributed by atoms with Crippen molar-refractivity contribution in [1.82, 2.24) is 9.55 Å². The molecule has 1 unspecified atom stereocenters. The number of fused-ring (bicyclic) bond motifs is 2. The lowest BCUT2D eigenvalue weighted by molar-refractivity contribution is 0.0869. The molecule has 16 heavy (non-hydrogen) atoms. The fourth-order valence-corrected chi connectivity index (χ4v) is 3.43. The summed E-state index contributed by atoms with van der Waals surface area (Å²) in [5.41, 5.74) is 0.678. The highest BCUT2D eigenvalue weighted by atomic mass is 16.1. The van der Waals surface area contributed by atoms with E-state index in [1.165, 1.54) is 19.3 Å². The molecule has 86 valence electrons. The molecule has 0 aromatic carbocycles. The first-order valence-corrected chi connectivity index (χ1v) is 6.19. The molecule has 1 aromatic heterocycles. The fraction of sp³-hybridized carbons (Fsp3) is 0.692. The minimum atomic E-state index is 0.271. The lowest BCUT2D eigenvalue weighted by Gasteiger charge is -2.18. The van der Waals surface area contributed by atoms with Crippen LogP contribution >= 0.6 is 0 Å². The van der Waals surface area contributed by atoms with Crippen molar-refractivity contribution < 1.29 is 4.79 Å². The molecule has 3 atom stereocenters. The molecule has 2 saturated carbocycles. The summed E-state index contributed by atoms with van der Waals surface area (Å²) in [5, 5.41) is 0. The van der Waals surface area contributed by atoms with Crippen LogP contribution < -0.4 is 0 Å². The van der Waals surface area contributed by atoms with Gasteiger partial charge in [0.2, 0.25) is 0 Å². The molecule has 1 aromatic rings. The molecule has 3 nitrogen and oxygen atoms in total. The molecule has 3 rings (SSSR count). The van der Waals surface area contributed by atoms with Crippen molar-refractivity contribution >= 4 is 5.78 Å². The monoisotopic (exact) mass is 218 g/mol. The molecule has 3 heteroatoms. The van der Waals surface area contributed by atoms with Gasteiger partial charge in [-0.25, -0.2) is 4.98 Å². The van der Waals surface area contributed by atoms with Gasteiger partial charge in [-0.2, -0.15) is 0 Å². The molecule has 0 aliphatic heterocycles. The molecule has 1 heterocycles. The van der Waals surface area contributed by atoms with E-state index in [-0.39, 0.29) is 11.7 Å². The Balaban J connectivity index is 1.83. The van der Waals surface area contributed by atoms with Crippen LogP contribution in [0.4, 0.5) is 0 Å². The van der Waals surface area contributed by atoms with Crippen molar-refractivity contribution in [2.24, 2.45) is 24.8 Å². The van der Waals surface area contributed by atoms with E-state index in [9.17, 15) is 4.79 Å². The second-order valence-electron chi connectivity index (χ2n) is 5.43. The summed E-state index contributed by atoms with van der Waals surface area (Å²) in [6.45, 7) is 1.94. The normalized spacial score (nSPS) is 32.2. The van der Waals surface area contributed by atoms with E-state index >= 15 is 0 Å². The van der Waals surface area contributed by atoms with E-state index in [1.807, 2.05) is 24.7 Å². The lowest BCUT2D eigenvalue weighted by Crippen LogP contribution is -2.21. The highest BCUT2D eigenvalue weighted by molar-refractivity contribution is 5.96. The zero-order valence-corrected chi connectivity index (χ0v) is 9.94. The Labute approximate surface area is 95.9 Å². The second-order valence-corrected chi connectivity index (χ2v) is 5.43. The van der Waals surface area contributed by atoms with E-state index in [0.717, 1.165) is 18.2 Å². The van der Waals surface area contributed by atoms with Gasteiger partial charge in [-0.05, 0) is 38.0 Å².